The van der Waals surface area contributed by atoms with E-state index in [0.717, 1.165) is 65.2 Å². The standard InChI is InChI=1S/C25H26N4OS3/c1-17(23-26-19-6-2-3-7-20(19)32-23)27-11-13-28(14-12-27)24(30)22-18-8-15-31-16-21(18)33-25(22)29-9-4-5-10-29/h2-7,9-10,17H,8,11-16H2,1H3. The zero-order chi connectivity index (χ0) is 22.4. The van der Waals surface area contributed by atoms with Crippen molar-refractivity contribution in [2.45, 2.75) is 25.1 Å². The number of rotatable bonds is 4. The van der Waals surface area contributed by atoms with Gasteiger partial charge in [0.05, 0.1) is 21.8 Å². The van der Waals surface area contributed by atoms with Gasteiger partial charge in [-0.25, -0.2) is 4.98 Å². The van der Waals surface area contributed by atoms with Crippen LogP contribution in [-0.4, -0.2) is 57.2 Å². The number of aromatic nitrogens is 2. The second kappa shape index (κ2) is 8.91. The van der Waals surface area contributed by atoms with Crippen molar-refractivity contribution < 1.29 is 4.79 Å². The largest absolute Gasteiger partial charge is 0.336 e. The van der Waals surface area contributed by atoms with E-state index in [1.54, 1.807) is 22.7 Å². The molecule has 0 bridgehead atoms. The van der Waals surface area contributed by atoms with E-state index in [2.05, 4.69) is 51.9 Å². The molecule has 8 heteroatoms. The molecule has 0 radical (unpaired) electrons. The smallest absolute Gasteiger partial charge is 0.257 e. The zero-order valence-corrected chi connectivity index (χ0v) is 21.0. The maximum absolute atomic E-state index is 13.8. The Balaban J connectivity index is 1.21. The number of thioether (sulfide) groups is 1. The second-order valence-corrected chi connectivity index (χ2v) is 11.9. The monoisotopic (exact) mass is 494 g/mol. The van der Waals surface area contributed by atoms with Crippen LogP contribution < -0.4 is 0 Å². The van der Waals surface area contributed by atoms with E-state index in [1.165, 1.54) is 15.1 Å². The summed E-state index contributed by atoms with van der Waals surface area (Å²) in [6, 6.07) is 12.7. The van der Waals surface area contributed by atoms with E-state index in [4.69, 9.17) is 4.98 Å². The highest BCUT2D eigenvalue weighted by Gasteiger charge is 2.32. The van der Waals surface area contributed by atoms with E-state index < -0.39 is 0 Å². The molecule has 0 spiro atoms. The number of thiophene rings is 1. The van der Waals surface area contributed by atoms with Crippen molar-refractivity contribution in [2.75, 3.05) is 31.9 Å². The van der Waals surface area contributed by atoms with E-state index >= 15 is 0 Å². The number of para-hydroxylation sites is 1. The Hall–Kier alpha value is -2.13. The lowest BCUT2D eigenvalue weighted by atomic mass is 10.1. The van der Waals surface area contributed by atoms with Crippen molar-refractivity contribution in [2.24, 2.45) is 0 Å². The van der Waals surface area contributed by atoms with Gasteiger partial charge in [-0.3, -0.25) is 9.69 Å². The van der Waals surface area contributed by atoms with E-state index in [1.807, 2.05) is 30.0 Å². The van der Waals surface area contributed by atoms with Gasteiger partial charge < -0.3 is 9.47 Å². The fourth-order valence-corrected chi connectivity index (χ4v) is 8.28. The van der Waals surface area contributed by atoms with Crippen molar-refractivity contribution in [1.82, 2.24) is 19.4 Å². The van der Waals surface area contributed by atoms with Gasteiger partial charge in [0.25, 0.3) is 5.91 Å². The zero-order valence-electron chi connectivity index (χ0n) is 18.6. The molecule has 1 atom stereocenters. The highest BCUT2D eigenvalue weighted by atomic mass is 32.2. The van der Waals surface area contributed by atoms with Gasteiger partial charge in [0.2, 0.25) is 0 Å². The minimum Gasteiger partial charge on any atom is -0.336 e. The molecule has 33 heavy (non-hydrogen) atoms. The van der Waals surface area contributed by atoms with Crippen LogP contribution in [0.4, 0.5) is 0 Å². The molecule has 0 N–H and O–H groups in total. The molecule has 1 unspecified atom stereocenters. The molecule has 5 nitrogen and oxygen atoms in total. The van der Waals surface area contributed by atoms with E-state index in [0.29, 0.717) is 0 Å². The molecule has 2 aliphatic rings. The summed E-state index contributed by atoms with van der Waals surface area (Å²) in [6.45, 7) is 5.52. The van der Waals surface area contributed by atoms with E-state index in [9.17, 15) is 4.79 Å². The van der Waals surface area contributed by atoms with Gasteiger partial charge in [0.1, 0.15) is 10.0 Å². The molecule has 0 aliphatic carbocycles. The normalized spacial score (nSPS) is 17.9. The fourth-order valence-electron chi connectivity index (χ4n) is 4.79. The van der Waals surface area contributed by atoms with Gasteiger partial charge in [-0.2, -0.15) is 11.8 Å². The predicted octanol–water partition coefficient (Wildman–Crippen LogP) is 5.46. The first kappa shape index (κ1) is 21.4. The third kappa shape index (κ3) is 3.93. The van der Waals surface area contributed by atoms with Gasteiger partial charge >= 0.3 is 0 Å². The number of piperazine rings is 1. The predicted molar refractivity (Wildman–Crippen MR) is 139 cm³/mol. The summed E-state index contributed by atoms with van der Waals surface area (Å²) in [5, 5.41) is 2.25. The summed E-state index contributed by atoms with van der Waals surface area (Å²) in [6.07, 6.45) is 5.10. The van der Waals surface area contributed by atoms with Crippen LogP contribution in [0.15, 0.2) is 48.8 Å². The van der Waals surface area contributed by atoms with Gasteiger partial charge in [-0.05, 0) is 48.9 Å². The summed E-state index contributed by atoms with van der Waals surface area (Å²) < 4.78 is 3.36. The summed E-state index contributed by atoms with van der Waals surface area (Å²) in [5.41, 5.74) is 3.31. The lowest BCUT2D eigenvalue weighted by molar-refractivity contribution is 0.0581. The second-order valence-electron chi connectivity index (χ2n) is 8.60. The average Bonchev–Trinajstić information content (AvgIpc) is 3.61. The number of benzene rings is 1. The molecule has 2 aliphatic heterocycles. The number of carbonyl (C=O) groups excluding carboxylic acids is 1. The Morgan fingerprint density at radius 3 is 2.61 bits per heavy atom. The minimum atomic E-state index is 0.204. The van der Waals surface area contributed by atoms with Crippen molar-refractivity contribution in [1.29, 1.82) is 0 Å². The molecule has 170 valence electrons. The summed E-state index contributed by atoms with van der Waals surface area (Å²) in [4.78, 5) is 24.6. The molecular weight excluding hydrogens is 469 g/mol. The first-order valence-corrected chi connectivity index (χ1v) is 14.2. The van der Waals surface area contributed by atoms with Crippen molar-refractivity contribution >= 4 is 50.6 Å². The van der Waals surface area contributed by atoms with Gasteiger partial charge in [-0.1, -0.05) is 12.1 Å². The molecule has 4 aromatic rings. The van der Waals surface area contributed by atoms with Crippen LogP contribution in [0.2, 0.25) is 0 Å². The van der Waals surface area contributed by atoms with Crippen molar-refractivity contribution in [3.63, 3.8) is 0 Å². The molecule has 1 amide bonds. The number of hydrogen-bond donors (Lipinski definition) is 0. The Morgan fingerprint density at radius 1 is 1.03 bits per heavy atom. The van der Waals surface area contributed by atoms with Gasteiger partial charge in [-0.15, -0.1) is 22.7 Å². The lowest BCUT2D eigenvalue weighted by Gasteiger charge is -2.37. The maximum Gasteiger partial charge on any atom is 0.257 e. The summed E-state index contributed by atoms with van der Waals surface area (Å²) in [7, 11) is 0. The minimum absolute atomic E-state index is 0.204. The van der Waals surface area contributed by atoms with Crippen LogP contribution in [0.1, 0.15) is 38.8 Å². The Kier molecular flexibility index (Phi) is 5.78. The topological polar surface area (TPSA) is 41.4 Å². The molecular formula is C25H26N4OS3. The number of hydrogen-bond acceptors (Lipinski definition) is 6. The van der Waals surface area contributed by atoms with Crippen LogP contribution in [0, 0.1) is 0 Å². The van der Waals surface area contributed by atoms with Gasteiger partial charge in [0.15, 0.2) is 0 Å². The van der Waals surface area contributed by atoms with E-state index in [-0.39, 0.29) is 11.9 Å². The molecule has 1 fully saturated rings. The number of amides is 1. The quantitative estimate of drug-likeness (QED) is 0.378. The summed E-state index contributed by atoms with van der Waals surface area (Å²) in [5.74, 6) is 2.33. The van der Waals surface area contributed by atoms with Crippen LogP contribution in [0.3, 0.4) is 0 Å². The fraction of sp³-hybridized carbons (Fsp3) is 0.360. The SMILES string of the molecule is CC(c1nc2ccccc2s1)N1CCN(C(=O)c2c(-n3cccc3)sc3c2CCSC3)CC1. The van der Waals surface area contributed by atoms with Crippen LogP contribution in [0.5, 0.6) is 0 Å². The molecule has 6 rings (SSSR count). The van der Waals surface area contributed by atoms with Crippen molar-refractivity contribution in [3.05, 3.63) is 69.8 Å². The number of fused-ring (bicyclic) bond motifs is 2. The number of nitrogens with zero attached hydrogens (tertiary/aromatic N) is 4. The molecule has 5 heterocycles. The summed E-state index contributed by atoms with van der Waals surface area (Å²) >= 11 is 5.55. The Labute approximate surface area is 206 Å². The first-order valence-electron chi connectivity index (χ1n) is 11.4. The molecule has 1 aromatic carbocycles. The highest BCUT2D eigenvalue weighted by molar-refractivity contribution is 7.98. The third-order valence-electron chi connectivity index (χ3n) is 6.67. The number of carbonyl (C=O) groups is 1. The third-order valence-corrected chi connectivity index (χ3v) is 10.3. The average molecular weight is 495 g/mol. The highest BCUT2D eigenvalue weighted by Crippen LogP contribution is 2.39. The number of thiazole rings is 1. The Morgan fingerprint density at radius 2 is 1.82 bits per heavy atom. The molecule has 0 saturated carbocycles. The van der Waals surface area contributed by atoms with Crippen LogP contribution in [0.25, 0.3) is 15.2 Å². The molecule has 3 aromatic heterocycles. The lowest BCUT2D eigenvalue weighted by Crippen LogP contribution is -2.49. The van der Waals surface area contributed by atoms with Crippen LogP contribution >= 0.6 is 34.4 Å². The van der Waals surface area contributed by atoms with Gasteiger partial charge in [0, 0.05) is 49.2 Å². The first-order chi connectivity index (χ1) is 16.2. The van der Waals surface area contributed by atoms with Crippen LogP contribution in [-0.2, 0) is 12.2 Å². The maximum atomic E-state index is 13.8. The van der Waals surface area contributed by atoms with Crippen molar-refractivity contribution in [3.8, 4) is 5.00 Å². The Bertz CT molecular complexity index is 1250. The molecule has 1 saturated heterocycles.